The maximum Gasteiger partial charge on any atom is 0.240 e. The monoisotopic (exact) mass is 338 g/mol. The van der Waals surface area contributed by atoms with Gasteiger partial charge in [-0.2, -0.15) is 0 Å². The molecule has 1 aromatic carbocycles. The van der Waals surface area contributed by atoms with Gasteiger partial charge in [0, 0.05) is 24.0 Å². The molecule has 2 rings (SSSR count). The summed E-state index contributed by atoms with van der Waals surface area (Å²) >= 11 is 0. The Morgan fingerprint density at radius 3 is 2.57 bits per heavy atom. The number of nitrogens with one attached hydrogen (secondary N) is 1. The molecule has 0 atom stereocenters. The fourth-order valence-corrected chi connectivity index (χ4v) is 3.41. The number of pyridine rings is 1. The highest BCUT2D eigenvalue weighted by Crippen LogP contribution is 2.25. The lowest BCUT2D eigenvalue weighted by Crippen LogP contribution is -2.27. The van der Waals surface area contributed by atoms with Crippen molar-refractivity contribution in [3.63, 3.8) is 0 Å². The average molecular weight is 338 g/mol. The van der Waals surface area contributed by atoms with Crippen molar-refractivity contribution in [2.45, 2.75) is 25.2 Å². The predicted octanol–water partition coefficient (Wildman–Crippen LogP) is 2.37. The third-order valence-electron chi connectivity index (χ3n) is 3.49. The number of benzene rings is 1. The molecular formula is C16H19FN2O3S. The minimum atomic E-state index is -3.78. The zero-order valence-corrected chi connectivity index (χ0v) is 14.1. The molecule has 0 aliphatic carbocycles. The lowest BCUT2D eigenvalue weighted by atomic mass is 10.2. The maximum absolute atomic E-state index is 14.0. The topological polar surface area (TPSA) is 68.3 Å². The van der Waals surface area contributed by atoms with Gasteiger partial charge in [0.05, 0.1) is 12.0 Å². The van der Waals surface area contributed by atoms with E-state index < -0.39 is 15.8 Å². The van der Waals surface area contributed by atoms with Crippen LogP contribution in [0.25, 0.3) is 0 Å². The molecule has 1 N–H and O–H groups in total. The van der Waals surface area contributed by atoms with E-state index in [9.17, 15) is 12.8 Å². The summed E-state index contributed by atoms with van der Waals surface area (Å²) in [4.78, 5) is 4.07. The van der Waals surface area contributed by atoms with E-state index in [1.54, 1.807) is 6.20 Å². The van der Waals surface area contributed by atoms with Crippen LogP contribution in [0.4, 0.5) is 4.39 Å². The minimum Gasteiger partial charge on any atom is -0.494 e. The van der Waals surface area contributed by atoms with Gasteiger partial charge in [0.25, 0.3) is 0 Å². The van der Waals surface area contributed by atoms with Crippen molar-refractivity contribution in [1.82, 2.24) is 9.71 Å². The molecule has 0 unspecified atom stereocenters. The van der Waals surface area contributed by atoms with Crippen molar-refractivity contribution in [1.29, 1.82) is 0 Å². The fraction of sp³-hybridized carbons (Fsp3) is 0.312. The number of rotatable bonds is 6. The van der Waals surface area contributed by atoms with Crippen LogP contribution in [0.2, 0.25) is 0 Å². The van der Waals surface area contributed by atoms with Crippen molar-refractivity contribution in [2.24, 2.45) is 0 Å². The molecule has 0 fully saturated rings. The van der Waals surface area contributed by atoms with Crippen LogP contribution >= 0.6 is 0 Å². The Morgan fingerprint density at radius 1 is 1.22 bits per heavy atom. The number of halogens is 1. The molecule has 124 valence electrons. The molecule has 0 amide bonds. The molecule has 0 bridgehead atoms. The average Bonchev–Trinajstić information content (AvgIpc) is 2.51. The van der Waals surface area contributed by atoms with E-state index in [-0.39, 0.29) is 22.8 Å². The Labute approximate surface area is 135 Å². The van der Waals surface area contributed by atoms with Crippen LogP contribution in [-0.4, -0.2) is 27.1 Å². The van der Waals surface area contributed by atoms with Gasteiger partial charge in [0.15, 0.2) is 11.6 Å². The van der Waals surface area contributed by atoms with Gasteiger partial charge >= 0.3 is 0 Å². The Hall–Kier alpha value is -1.99. The van der Waals surface area contributed by atoms with Crippen LogP contribution in [0.1, 0.15) is 16.8 Å². The minimum absolute atomic E-state index is 0.0205. The van der Waals surface area contributed by atoms with E-state index in [0.29, 0.717) is 6.42 Å². The second kappa shape index (κ2) is 7.06. The zero-order chi connectivity index (χ0) is 17.0. The summed E-state index contributed by atoms with van der Waals surface area (Å²) in [5.41, 5.74) is 1.86. The van der Waals surface area contributed by atoms with Crippen molar-refractivity contribution in [2.75, 3.05) is 13.7 Å². The summed E-state index contributed by atoms with van der Waals surface area (Å²) in [7, 11) is -2.45. The Bertz CT molecular complexity index is 790. The number of methoxy groups -OCH3 is 1. The first kappa shape index (κ1) is 17.4. The SMILES string of the molecule is COc1ccc(S(=O)(=O)NCCc2ccc(C)nc2)c(C)c1F. The Kier molecular flexibility index (Phi) is 5.33. The molecule has 0 saturated heterocycles. The third-order valence-corrected chi connectivity index (χ3v) is 5.09. The standard InChI is InChI=1S/C16H19FN2O3S/c1-11-4-5-13(10-18-11)8-9-19-23(20,21)15-7-6-14(22-3)16(17)12(15)2/h4-7,10,19H,8-9H2,1-3H3. The number of sulfonamides is 1. The number of ether oxygens (including phenoxy) is 1. The smallest absolute Gasteiger partial charge is 0.240 e. The summed E-state index contributed by atoms with van der Waals surface area (Å²) in [6.07, 6.45) is 2.21. The molecule has 7 heteroatoms. The van der Waals surface area contributed by atoms with E-state index >= 15 is 0 Å². The molecule has 1 heterocycles. The molecule has 0 aliphatic heterocycles. The van der Waals surface area contributed by atoms with Crippen LogP contribution in [-0.2, 0) is 16.4 Å². The molecule has 0 saturated carbocycles. The summed E-state index contributed by atoms with van der Waals surface area (Å²) in [5, 5.41) is 0. The van der Waals surface area contributed by atoms with Gasteiger partial charge in [-0.3, -0.25) is 4.98 Å². The molecule has 0 spiro atoms. The summed E-state index contributed by atoms with van der Waals surface area (Å²) in [6, 6.07) is 6.41. The highest BCUT2D eigenvalue weighted by Gasteiger charge is 2.20. The first-order chi connectivity index (χ1) is 10.8. The van der Waals surface area contributed by atoms with Crippen molar-refractivity contribution < 1.29 is 17.5 Å². The Balaban J connectivity index is 2.10. The second-order valence-corrected chi connectivity index (χ2v) is 6.90. The normalized spacial score (nSPS) is 11.5. The maximum atomic E-state index is 14.0. The van der Waals surface area contributed by atoms with E-state index in [1.165, 1.54) is 26.2 Å². The van der Waals surface area contributed by atoms with E-state index in [1.807, 2.05) is 19.1 Å². The molecule has 0 radical (unpaired) electrons. The number of aryl methyl sites for hydroxylation is 1. The number of aromatic nitrogens is 1. The van der Waals surface area contributed by atoms with Crippen LogP contribution in [0.5, 0.6) is 5.75 Å². The van der Waals surface area contributed by atoms with Gasteiger partial charge in [0.1, 0.15) is 0 Å². The fourth-order valence-electron chi connectivity index (χ4n) is 2.15. The summed E-state index contributed by atoms with van der Waals surface area (Å²) in [6.45, 7) is 3.50. The van der Waals surface area contributed by atoms with E-state index in [2.05, 4.69) is 9.71 Å². The van der Waals surface area contributed by atoms with Gasteiger partial charge in [-0.15, -0.1) is 0 Å². The largest absolute Gasteiger partial charge is 0.494 e. The van der Waals surface area contributed by atoms with Gasteiger partial charge < -0.3 is 4.74 Å². The van der Waals surface area contributed by atoms with Gasteiger partial charge in [-0.25, -0.2) is 17.5 Å². The summed E-state index contributed by atoms with van der Waals surface area (Å²) in [5.74, 6) is -0.648. The first-order valence-electron chi connectivity index (χ1n) is 7.09. The van der Waals surface area contributed by atoms with Crippen molar-refractivity contribution >= 4 is 10.0 Å². The van der Waals surface area contributed by atoms with E-state index in [4.69, 9.17) is 4.74 Å². The first-order valence-corrected chi connectivity index (χ1v) is 8.58. The van der Waals surface area contributed by atoms with Crippen molar-refractivity contribution in [3.8, 4) is 5.75 Å². The van der Waals surface area contributed by atoms with Gasteiger partial charge in [-0.05, 0) is 44.0 Å². The molecular weight excluding hydrogens is 319 g/mol. The van der Waals surface area contributed by atoms with Crippen molar-refractivity contribution in [3.05, 3.63) is 53.1 Å². The summed E-state index contributed by atoms with van der Waals surface area (Å²) < 4.78 is 45.9. The van der Waals surface area contributed by atoms with Crippen LogP contribution in [0.15, 0.2) is 35.4 Å². The molecule has 2 aromatic rings. The molecule has 0 aliphatic rings. The third kappa shape index (κ3) is 4.05. The number of hydrogen-bond acceptors (Lipinski definition) is 4. The Morgan fingerprint density at radius 2 is 1.96 bits per heavy atom. The quantitative estimate of drug-likeness (QED) is 0.878. The van der Waals surface area contributed by atoms with Gasteiger partial charge in [0.2, 0.25) is 10.0 Å². The molecule has 1 aromatic heterocycles. The highest BCUT2D eigenvalue weighted by molar-refractivity contribution is 7.89. The number of nitrogens with zero attached hydrogens (tertiary/aromatic N) is 1. The van der Waals surface area contributed by atoms with Crippen LogP contribution in [0, 0.1) is 19.7 Å². The lowest BCUT2D eigenvalue weighted by Gasteiger charge is -2.12. The molecule has 5 nitrogen and oxygen atoms in total. The lowest BCUT2D eigenvalue weighted by molar-refractivity contribution is 0.384. The zero-order valence-electron chi connectivity index (χ0n) is 13.3. The number of hydrogen-bond donors (Lipinski definition) is 1. The van der Waals surface area contributed by atoms with Crippen LogP contribution in [0.3, 0.4) is 0 Å². The van der Waals surface area contributed by atoms with Crippen LogP contribution < -0.4 is 9.46 Å². The van der Waals surface area contributed by atoms with E-state index in [0.717, 1.165) is 11.3 Å². The second-order valence-electron chi connectivity index (χ2n) is 5.16. The predicted molar refractivity (Wildman–Crippen MR) is 85.6 cm³/mol. The van der Waals surface area contributed by atoms with Gasteiger partial charge in [-0.1, -0.05) is 6.07 Å². The highest BCUT2D eigenvalue weighted by atomic mass is 32.2. The molecule has 23 heavy (non-hydrogen) atoms.